The highest BCUT2D eigenvalue weighted by molar-refractivity contribution is 4.62. The van der Waals surface area contributed by atoms with E-state index in [0.717, 1.165) is 0 Å². The van der Waals surface area contributed by atoms with E-state index in [-0.39, 0.29) is 6.61 Å². The number of hydrogen-bond acceptors (Lipinski definition) is 1. The largest absolute Gasteiger partial charge is 0.378 e. The fourth-order valence-corrected chi connectivity index (χ4v) is 0.345. The van der Waals surface area contributed by atoms with Gasteiger partial charge in [-0.3, -0.25) is 0 Å². The van der Waals surface area contributed by atoms with Crippen LogP contribution in [0, 0.1) is 0 Å². The number of rotatable bonds is 3. The van der Waals surface area contributed by atoms with Gasteiger partial charge in [-0.2, -0.15) is 0 Å². The molecule has 8 heavy (non-hydrogen) atoms. The van der Waals surface area contributed by atoms with Crippen LogP contribution in [0.4, 0.5) is 4.39 Å². The molecule has 1 nitrogen and oxygen atoms in total. The van der Waals surface area contributed by atoms with E-state index in [1.807, 2.05) is 6.92 Å². The van der Waals surface area contributed by atoms with Crippen LogP contribution in [0.25, 0.3) is 0 Å². The Kier molecular flexibility index (Phi) is 2.98. The summed E-state index contributed by atoms with van der Waals surface area (Å²) in [6, 6.07) is 0. The van der Waals surface area contributed by atoms with Gasteiger partial charge in [0.25, 0.3) is 0 Å². The molecule has 0 N–H and O–H groups in total. The number of hydrogen-bond donors (Lipinski definition) is 0. The Bertz CT molecular complexity index is 56.0. The van der Waals surface area contributed by atoms with E-state index < -0.39 is 5.67 Å². The standard InChI is InChI=1S/C6H13FO/c1-4-8-5-6(2,3)7/h4-5H2,1-3H3. The minimum absolute atomic E-state index is 0.198. The van der Waals surface area contributed by atoms with Crippen LogP contribution in [0.3, 0.4) is 0 Å². The normalized spacial score (nSPS) is 12.0. The molecule has 0 rings (SSSR count). The number of halogens is 1. The van der Waals surface area contributed by atoms with Crippen molar-refractivity contribution in [2.45, 2.75) is 26.4 Å². The summed E-state index contributed by atoms with van der Waals surface area (Å²) < 4.78 is 17.3. The third-order valence-electron chi connectivity index (χ3n) is 0.649. The molecule has 0 atom stereocenters. The molecule has 0 bridgehead atoms. The Morgan fingerprint density at radius 3 is 2.12 bits per heavy atom. The van der Waals surface area contributed by atoms with E-state index in [1.165, 1.54) is 13.8 Å². The van der Waals surface area contributed by atoms with Gasteiger partial charge in [-0.15, -0.1) is 0 Å². The predicted molar refractivity (Wildman–Crippen MR) is 31.7 cm³/mol. The van der Waals surface area contributed by atoms with Crippen LogP contribution in [-0.4, -0.2) is 18.9 Å². The van der Waals surface area contributed by atoms with Gasteiger partial charge in [0, 0.05) is 6.61 Å². The molecular weight excluding hydrogens is 107 g/mol. The summed E-state index contributed by atoms with van der Waals surface area (Å²) >= 11 is 0. The summed E-state index contributed by atoms with van der Waals surface area (Å²) in [6.07, 6.45) is 0. The van der Waals surface area contributed by atoms with Crippen molar-refractivity contribution in [3.05, 3.63) is 0 Å². The van der Waals surface area contributed by atoms with Gasteiger partial charge in [-0.1, -0.05) is 0 Å². The van der Waals surface area contributed by atoms with Gasteiger partial charge in [-0.25, -0.2) is 4.39 Å². The fraction of sp³-hybridized carbons (Fsp3) is 1.00. The lowest BCUT2D eigenvalue weighted by molar-refractivity contribution is 0.0433. The molecule has 50 valence electrons. The Morgan fingerprint density at radius 1 is 1.50 bits per heavy atom. The quantitative estimate of drug-likeness (QED) is 0.551. The van der Waals surface area contributed by atoms with E-state index in [9.17, 15) is 4.39 Å². The minimum atomic E-state index is -1.17. The van der Waals surface area contributed by atoms with E-state index in [2.05, 4.69) is 0 Å². The van der Waals surface area contributed by atoms with Crippen molar-refractivity contribution in [2.24, 2.45) is 0 Å². The van der Waals surface area contributed by atoms with Gasteiger partial charge in [0.2, 0.25) is 0 Å². The minimum Gasteiger partial charge on any atom is -0.378 e. The maximum Gasteiger partial charge on any atom is 0.128 e. The molecule has 0 aromatic heterocycles. The van der Waals surface area contributed by atoms with Crippen molar-refractivity contribution in [2.75, 3.05) is 13.2 Å². The SMILES string of the molecule is CCOCC(C)(C)F. The molecule has 0 saturated heterocycles. The van der Waals surface area contributed by atoms with Gasteiger partial charge in [0.05, 0.1) is 6.61 Å². The van der Waals surface area contributed by atoms with Crippen LogP contribution >= 0.6 is 0 Å². The van der Waals surface area contributed by atoms with Crippen molar-refractivity contribution in [3.63, 3.8) is 0 Å². The molecule has 0 unspecified atom stereocenters. The Morgan fingerprint density at radius 2 is 2.00 bits per heavy atom. The van der Waals surface area contributed by atoms with E-state index >= 15 is 0 Å². The zero-order chi connectivity index (χ0) is 6.62. The van der Waals surface area contributed by atoms with Gasteiger partial charge in [0.1, 0.15) is 5.67 Å². The van der Waals surface area contributed by atoms with Crippen LogP contribution in [0.1, 0.15) is 20.8 Å². The fourth-order valence-electron chi connectivity index (χ4n) is 0.345. The first kappa shape index (κ1) is 7.89. The molecule has 0 radical (unpaired) electrons. The van der Waals surface area contributed by atoms with Gasteiger partial charge in [-0.05, 0) is 20.8 Å². The first-order valence-corrected chi connectivity index (χ1v) is 2.83. The summed E-state index contributed by atoms with van der Waals surface area (Å²) in [7, 11) is 0. The van der Waals surface area contributed by atoms with Crippen molar-refractivity contribution in [3.8, 4) is 0 Å². The zero-order valence-corrected chi connectivity index (χ0v) is 5.70. The summed E-state index contributed by atoms with van der Waals surface area (Å²) in [4.78, 5) is 0. The average Bonchev–Trinajstić information content (AvgIpc) is 1.59. The molecule has 0 aromatic rings. The predicted octanol–water partition coefficient (Wildman–Crippen LogP) is 1.77. The molecule has 0 aliphatic rings. The highest BCUT2D eigenvalue weighted by Gasteiger charge is 2.13. The molecule has 2 heteroatoms. The van der Waals surface area contributed by atoms with Crippen LogP contribution in [0.5, 0.6) is 0 Å². The summed E-state index contributed by atoms with van der Waals surface area (Å²) in [6.45, 7) is 5.65. The third-order valence-corrected chi connectivity index (χ3v) is 0.649. The third kappa shape index (κ3) is 5.89. The van der Waals surface area contributed by atoms with Gasteiger partial charge >= 0.3 is 0 Å². The zero-order valence-electron chi connectivity index (χ0n) is 5.70. The second-order valence-electron chi connectivity index (χ2n) is 2.36. The first-order chi connectivity index (χ1) is 3.56. The Balaban J connectivity index is 3.11. The van der Waals surface area contributed by atoms with Crippen LogP contribution in [0.2, 0.25) is 0 Å². The lowest BCUT2D eigenvalue weighted by Crippen LogP contribution is -2.20. The molecular formula is C6H13FO. The van der Waals surface area contributed by atoms with Crippen molar-refractivity contribution < 1.29 is 9.13 Å². The highest BCUT2D eigenvalue weighted by atomic mass is 19.1. The summed E-state index contributed by atoms with van der Waals surface area (Å²) in [5.74, 6) is 0. The summed E-state index contributed by atoms with van der Waals surface area (Å²) in [5.41, 5.74) is -1.17. The first-order valence-electron chi connectivity index (χ1n) is 2.83. The van der Waals surface area contributed by atoms with Crippen LogP contribution in [0.15, 0.2) is 0 Å². The molecule has 0 aromatic carbocycles. The monoisotopic (exact) mass is 120 g/mol. The molecule has 0 spiro atoms. The molecule has 0 amide bonds. The second-order valence-corrected chi connectivity index (χ2v) is 2.36. The number of ether oxygens (including phenoxy) is 1. The number of alkyl halides is 1. The summed E-state index contributed by atoms with van der Waals surface area (Å²) in [5, 5.41) is 0. The van der Waals surface area contributed by atoms with E-state index in [1.54, 1.807) is 0 Å². The van der Waals surface area contributed by atoms with Crippen molar-refractivity contribution >= 4 is 0 Å². The van der Waals surface area contributed by atoms with Crippen molar-refractivity contribution in [1.82, 2.24) is 0 Å². The topological polar surface area (TPSA) is 9.23 Å². The molecule has 0 aliphatic carbocycles. The maximum absolute atomic E-state index is 12.5. The molecule has 0 fully saturated rings. The average molecular weight is 120 g/mol. The van der Waals surface area contributed by atoms with Crippen LogP contribution < -0.4 is 0 Å². The highest BCUT2D eigenvalue weighted by Crippen LogP contribution is 2.07. The lowest BCUT2D eigenvalue weighted by Gasteiger charge is -2.12. The lowest BCUT2D eigenvalue weighted by atomic mass is 10.2. The molecule has 0 heterocycles. The van der Waals surface area contributed by atoms with E-state index in [4.69, 9.17) is 4.74 Å². The Hall–Kier alpha value is -0.110. The molecule has 0 aliphatic heterocycles. The van der Waals surface area contributed by atoms with Gasteiger partial charge < -0.3 is 4.74 Å². The maximum atomic E-state index is 12.5. The second kappa shape index (κ2) is 3.02. The Labute approximate surface area is 49.8 Å². The van der Waals surface area contributed by atoms with Gasteiger partial charge in [0.15, 0.2) is 0 Å². The molecule has 0 saturated carbocycles. The van der Waals surface area contributed by atoms with E-state index in [0.29, 0.717) is 6.61 Å². The van der Waals surface area contributed by atoms with Crippen molar-refractivity contribution in [1.29, 1.82) is 0 Å². The smallest absolute Gasteiger partial charge is 0.128 e. The van der Waals surface area contributed by atoms with Crippen LogP contribution in [-0.2, 0) is 4.74 Å².